The molecule has 0 aliphatic carbocycles. The lowest BCUT2D eigenvalue weighted by molar-refractivity contribution is 0.0696. The van der Waals surface area contributed by atoms with E-state index in [0.717, 1.165) is 0 Å². The molecule has 14 heavy (non-hydrogen) atoms. The third kappa shape index (κ3) is 1.21. The highest BCUT2D eigenvalue weighted by atomic mass is 16.4. The summed E-state index contributed by atoms with van der Waals surface area (Å²) >= 11 is 0. The molecule has 0 aliphatic heterocycles. The van der Waals surface area contributed by atoms with Gasteiger partial charge in [-0.2, -0.15) is 0 Å². The van der Waals surface area contributed by atoms with Gasteiger partial charge in [0.25, 0.3) is 0 Å². The first-order valence-corrected chi connectivity index (χ1v) is 3.89. The molecule has 6 nitrogen and oxygen atoms in total. The van der Waals surface area contributed by atoms with Crippen LogP contribution in [0.5, 0.6) is 0 Å². The number of fused-ring (bicyclic) bond motifs is 1. The molecule has 0 bridgehead atoms. The third-order valence-corrected chi connectivity index (χ3v) is 1.89. The summed E-state index contributed by atoms with van der Waals surface area (Å²) in [5.74, 6) is -1.05. The summed E-state index contributed by atoms with van der Waals surface area (Å²) in [4.78, 5) is 10.7. The number of carbonyl (C=O) groups is 1. The standard InChI is InChI=1S/C8H7N3O3/c12-3-6-1-5(8(13)14)2-11-4-9-10-7(6)11/h1-2,4,12H,3H2,(H,13,14). The van der Waals surface area contributed by atoms with E-state index in [0.29, 0.717) is 11.2 Å². The van der Waals surface area contributed by atoms with Crippen LogP contribution in [0.2, 0.25) is 0 Å². The molecule has 2 aromatic heterocycles. The second kappa shape index (κ2) is 3.08. The lowest BCUT2D eigenvalue weighted by atomic mass is 10.2. The maximum absolute atomic E-state index is 10.7. The summed E-state index contributed by atoms with van der Waals surface area (Å²) in [5, 5.41) is 25.1. The fourth-order valence-electron chi connectivity index (χ4n) is 1.24. The Morgan fingerprint density at radius 1 is 1.57 bits per heavy atom. The number of aromatic nitrogens is 3. The van der Waals surface area contributed by atoms with E-state index < -0.39 is 5.97 Å². The molecule has 2 N–H and O–H groups in total. The van der Waals surface area contributed by atoms with Gasteiger partial charge in [0.1, 0.15) is 6.33 Å². The lowest BCUT2D eigenvalue weighted by Gasteiger charge is -2.01. The number of carboxylic acid groups (broad SMARTS) is 1. The van der Waals surface area contributed by atoms with E-state index in [9.17, 15) is 4.79 Å². The van der Waals surface area contributed by atoms with Gasteiger partial charge in [-0.15, -0.1) is 10.2 Å². The summed E-state index contributed by atoms with van der Waals surface area (Å²) in [6, 6.07) is 1.38. The highest BCUT2D eigenvalue weighted by Gasteiger charge is 2.09. The van der Waals surface area contributed by atoms with Crippen molar-refractivity contribution in [3.63, 3.8) is 0 Å². The molecule has 6 heteroatoms. The molecular formula is C8H7N3O3. The van der Waals surface area contributed by atoms with Crippen molar-refractivity contribution in [2.75, 3.05) is 0 Å². The fourth-order valence-corrected chi connectivity index (χ4v) is 1.24. The Bertz CT molecular complexity index is 492. The van der Waals surface area contributed by atoms with Crippen molar-refractivity contribution in [1.82, 2.24) is 14.6 Å². The molecule has 0 atom stereocenters. The normalized spacial score (nSPS) is 10.6. The Labute approximate surface area is 78.4 Å². The van der Waals surface area contributed by atoms with Crippen molar-refractivity contribution in [2.45, 2.75) is 6.61 Å². The van der Waals surface area contributed by atoms with Crippen molar-refractivity contribution in [3.8, 4) is 0 Å². The summed E-state index contributed by atoms with van der Waals surface area (Å²) in [7, 11) is 0. The van der Waals surface area contributed by atoms with Crippen LogP contribution >= 0.6 is 0 Å². The Morgan fingerprint density at radius 2 is 2.36 bits per heavy atom. The molecule has 2 heterocycles. The summed E-state index contributed by atoms with van der Waals surface area (Å²) in [6.45, 7) is -0.261. The molecule has 0 saturated carbocycles. The zero-order valence-corrected chi connectivity index (χ0v) is 7.08. The van der Waals surface area contributed by atoms with Crippen LogP contribution in [0.25, 0.3) is 5.65 Å². The minimum Gasteiger partial charge on any atom is -0.478 e. The number of hydrogen-bond acceptors (Lipinski definition) is 4. The van der Waals surface area contributed by atoms with Gasteiger partial charge < -0.3 is 10.2 Å². The van der Waals surface area contributed by atoms with Gasteiger partial charge >= 0.3 is 5.97 Å². The van der Waals surface area contributed by atoms with Gasteiger partial charge in [-0.25, -0.2) is 4.79 Å². The first-order chi connectivity index (χ1) is 6.72. The number of carboxylic acids is 1. The summed E-state index contributed by atoms with van der Waals surface area (Å²) in [5.41, 5.74) is 1.02. The van der Waals surface area contributed by atoms with E-state index in [1.54, 1.807) is 0 Å². The third-order valence-electron chi connectivity index (χ3n) is 1.89. The summed E-state index contributed by atoms with van der Waals surface area (Å²) < 4.78 is 1.47. The predicted octanol–water partition coefficient (Wildman–Crippen LogP) is -0.0802. The number of nitrogens with zero attached hydrogens (tertiary/aromatic N) is 3. The van der Waals surface area contributed by atoms with E-state index in [-0.39, 0.29) is 12.2 Å². The van der Waals surface area contributed by atoms with Crippen molar-refractivity contribution in [2.24, 2.45) is 0 Å². The van der Waals surface area contributed by atoms with Crippen molar-refractivity contribution in [3.05, 3.63) is 29.7 Å². The molecule has 0 spiro atoms. The highest BCUT2D eigenvalue weighted by molar-refractivity contribution is 5.88. The maximum atomic E-state index is 10.7. The van der Waals surface area contributed by atoms with E-state index in [1.165, 1.54) is 23.0 Å². The highest BCUT2D eigenvalue weighted by Crippen LogP contribution is 2.11. The van der Waals surface area contributed by atoms with Crippen molar-refractivity contribution >= 4 is 11.6 Å². The lowest BCUT2D eigenvalue weighted by Crippen LogP contribution is -2.02. The zero-order valence-electron chi connectivity index (χ0n) is 7.08. The first kappa shape index (κ1) is 8.64. The fraction of sp³-hybridized carbons (Fsp3) is 0.125. The molecular weight excluding hydrogens is 186 g/mol. The molecule has 0 aromatic carbocycles. The largest absolute Gasteiger partial charge is 0.478 e. The van der Waals surface area contributed by atoms with Crippen LogP contribution < -0.4 is 0 Å². The molecule has 0 radical (unpaired) electrons. The van der Waals surface area contributed by atoms with Gasteiger partial charge in [-0.3, -0.25) is 4.40 Å². The van der Waals surface area contributed by atoms with E-state index in [1.807, 2.05) is 0 Å². The van der Waals surface area contributed by atoms with Gasteiger partial charge in [0.2, 0.25) is 0 Å². The number of pyridine rings is 1. The minimum atomic E-state index is -1.05. The van der Waals surface area contributed by atoms with Crippen LogP contribution in [-0.4, -0.2) is 30.8 Å². The van der Waals surface area contributed by atoms with Gasteiger partial charge in [-0.1, -0.05) is 0 Å². The molecule has 0 aliphatic rings. The quantitative estimate of drug-likeness (QED) is 0.696. The maximum Gasteiger partial charge on any atom is 0.337 e. The molecule has 0 unspecified atom stereocenters. The predicted molar refractivity (Wildman–Crippen MR) is 45.9 cm³/mol. The monoisotopic (exact) mass is 193 g/mol. The number of rotatable bonds is 2. The van der Waals surface area contributed by atoms with Crippen LogP contribution in [0.1, 0.15) is 15.9 Å². The van der Waals surface area contributed by atoms with Crippen molar-refractivity contribution in [1.29, 1.82) is 0 Å². The Morgan fingerprint density at radius 3 is 3.00 bits per heavy atom. The van der Waals surface area contributed by atoms with Gasteiger partial charge in [0.05, 0.1) is 12.2 Å². The SMILES string of the molecule is O=C(O)c1cc(CO)c2nncn2c1. The van der Waals surface area contributed by atoms with Gasteiger partial charge in [0, 0.05) is 11.8 Å². The molecule has 2 rings (SSSR count). The van der Waals surface area contributed by atoms with Crippen LogP contribution in [0, 0.1) is 0 Å². The molecule has 0 amide bonds. The summed E-state index contributed by atoms with van der Waals surface area (Å²) in [6.07, 6.45) is 2.79. The molecule has 2 aromatic rings. The van der Waals surface area contributed by atoms with Crippen LogP contribution in [0.4, 0.5) is 0 Å². The Hall–Kier alpha value is -1.95. The zero-order chi connectivity index (χ0) is 10.1. The average Bonchev–Trinajstić information content (AvgIpc) is 2.63. The smallest absolute Gasteiger partial charge is 0.337 e. The Kier molecular flexibility index (Phi) is 1.90. The number of aliphatic hydroxyl groups is 1. The van der Waals surface area contributed by atoms with E-state index in [4.69, 9.17) is 10.2 Å². The van der Waals surface area contributed by atoms with Gasteiger partial charge in [-0.05, 0) is 6.07 Å². The second-order valence-corrected chi connectivity index (χ2v) is 2.78. The topological polar surface area (TPSA) is 87.7 Å². The first-order valence-electron chi connectivity index (χ1n) is 3.89. The minimum absolute atomic E-state index is 0.0985. The second-order valence-electron chi connectivity index (χ2n) is 2.78. The van der Waals surface area contributed by atoms with Gasteiger partial charge in [0.15, 0.2) is 5.65 Å². The Balaban J connectivity index is 2.73. The van der Waals surface area contributed by atoms with E-state index >= 15 is 0 Å². The number of aromatic carboxylic acids is 1. The number of aliphatic hydroxyl groups excluding tert-OH is 1. The average molecular weight is 193 g/mol. The van der Waals surface area contributed by atoms with Crippen LogP contribution in [0.3, 0.4) is 0 Å². The number of hydrogen-bond donors (Lipinski definition) is 2. The molecule has 72 valence electrons. The van der Waals surface area contributed by atoms with Crippen LogP contribution in [-0.2, 0) is 6.61 Å². The van der Waals surface area contributed by atoms with Crippen LogP contribution in [0.15, 0.2) is 18.6 Å². The van der Waals surface area contributed by atoms with E-state index in [2.05, 4.69) is 10.2 Å². The molecule has 0 saturated heterocycles. The molecule has 0 fully saturated rings. The van der Waals surface area contributed by atoms with Crippen molar-refractivity contribution < 1.29 is 15.0 Å².